The first-order chi connectivity index (χ1) is 13.0. The number of amides is 2. The lowest BCUT2D eigenvalue weighted by atomic mass is 10.3. The first-order valence-corrected chi connectivity index (χ1v) is 10.1. The van der Waals surface area contributed by atoms with E-state index in [-0.39, 0.29) is 24.1 Å². The van der Waals surface area contributed by atoms with E-state index >= 15 is 0 Å². The molecule has 27 heavy (non-hydrogen) atoms. The van der Waals surface area contributed by atoms with Crippen LogP contribution in [0.2, 0.25) is 5.02 Å². The third kappa shape index (κ3) is 5.31. The predicted octanol–water partition coefficient (Wildman–Crippen LogP) is 3.38. The first-order valence-electron chi connectivity index (χ1n) is 7.90. The van der Waals surface area contributed by atoms with Gasteiger partial charge in [0.15, 0.2) is 5.82 Å². The fourth-order valence-corrected chi connectivity index (χ4v) is 3.71. The highest BCUT2D eigenvalue weighted by molar-refractivity contribution is 7.99. The van der Waals surface area contributed by atoms with E-state index in [0.717, 1.165) is 4.88 Å². The number of H-pyrrole nitrogens is 1. The molecule has 10 heteroatoms. The lowest BCUT2D eigenvalue weighted by Gasteiger charge is -2.16. The van der Waals surface area contributed by atoms with Crippen molar-refractivity contribution in [3.8, 4) is 10.7 Å². The molecule has 3 rings (SSSR count). The average Bonchev–Trinajstić information content (AvgIpc) is 3.33. The maximum atomic E-state index is 12.2. The van der Waals surface area contributed by atoms with Gasteiger partial charge in [-0.15, -0.1) is 16.4 Å². The zero-order valence-electron chi connectivity index (χ0n) is 14.3. The second-order valence-electron chi connectivity index (χ2n) is 5.51. The van der Waals surface area contributed by atoms with Gasteiger partial charge in [0.05, 0.1) is 27.9 Å². The molecule has 0 saturated carbocycles. The summed E-state index contributed by atoms with van der Waals surface area (Å²) in [6, 6.07) is 10.8. The maximum Gasteiger partial charge on any atom is 0.244 e. The van der Waals surface area contributed by atoms with E-state index in [1.54, 1.807) is 42.6 Å². The molecular weight excluding hydrogens is 406 g/mol. The molecule has 0 aliphatic rings. The number of para-hydroxylation sites is 1. The monoisotopic (exact) mass is 421 g/mol. The van der Waals surface area contributed by atoms with E-state index in [0.29, 0.717) is 21.7 Å². The summed E-state index contributed by atoms with van der Waals surface area (Å²) in [4.78, 5) is 31.0. The van der Waals surface area contributed by atoms with Crippen LogP contribution in [-0.2, 0) is 9.59 Å². The van der Waals surface area contributed by atoms with Gasteiger partial charge < -0.3 is 10.2 Å². The predicted molar refractivity (Wildman–Crippen MR) is 108 cm³/mol. The Hall–Kier alpha value is -2.36. The Morgan fingerprint density at radius 3 is 2.85 bits per heavy atom. The number of likely N-dealkylation sites (N-methyl/N-ethyl adjacent to an activating group) is 1. The number of carbonyl (C=O) groups is 2. The van der Waals surface area contributed by atoms with Gasteiger partial charge in [0.25, 0.3) is 0 Å². The zero-order chi connectivity index (χ0) is 19.2. The number of thiophene rings is 1. The molecule has 3 aromatic rings. The summed E-state index contributed by atoms with van der Waals surface area (Å²) in [6.45, 7) is -0.0704. The lowest BCUT2D eigenvalue weighted by Crippen LogP contribution is -2.36. The van der Waals surface area contributed by atoms with E-state index in [4.69, 9.17) is 11.6 Å². The van der Waals surface area contributed by atoms with Crippen LogP contribution in [0.4, 0.5) is 5.69 Å². The Labute approximate surface area is 169 Å². The van der Waals surface area contributed by atoms with Crippen molar-refractivity contribution in [2.24, 2.45) is 0 Å². The fourth-order valence-electron chi connectivity index (χ4n) is 2.13. The van der Waals surface area contributed by atoms with Crippen molar-refractivity contribution in [1.82, 2.24) is 20.1 Å². The normalized spacial score (nSPS) is 10.6. The number of benzene rings is 1. The molecule has 0 saturated heterocycles. The molecule has 0 unspecified atom stereocenters. The Balaban J connectivity index is 1.48. The molecule has 140 valence electrons. The van der Waals surface area contributed by atoms with Crippen molar-refractivity contribution in [1.29, 1.82) is 0 Å². The average molecular weight is 422 g/mol. The van der Waals surface area contributed by atoms with Crippen LogP contribution in [0, 0.1) is 0 Å². The summed E-state index contributed by atoms with van der Waals surface area (Å²) in [5.41, 5.74) is 0.515. The van der Waals surface area contributed by atoms with Crippen molar-refractivity contribution in [3.05, 3.63) is 46.8 Å². The van der Waals surface area contributed by atoms with E-state index in [1.165, 1.54) is 16.7 Å². The number of rotatable bonds is 7. The summed E-state index contributed by atoms with van der Waals surface area (Å²) in [6.07, 6.45) is 0. The van der Waals surface area contributed by atoms with Gasteiger partial charge in [0.2, 0.25) is 17.0 Å². The molecular formula is C17H16ClN5O2S2. The van der Waals surface area contributed by atoms with Gasteiger partial charge in [-0.05, 0) is 23.6 Å². The molecule has 0 bridgehead atoms. The largest absolute Gasteiger partial charge is 0.336 e. The van der Waals surface area contributed by atoms with Crippen molar-refractivity contribution < 1.29 is 9.59 Å². The van der Waals surface area contributed by atoms with Crippen molar-refractivity contribution in [3.63, 3.8) is 0 Å². The summed E-state index contributed by atoms with van der Waals surface area (Å²) in [5.74, 6) is 0.295. The standard InChI is InChI=1S/C17H16ClN5O2S2/c1-23(9-14(24)19-12-6-3-2-5-11(12)18)15(25)10-27-17-20-16(21-22-17)13-7-4-8-26-13/h2-8H,9-10H2,1H3,(H,19,24)(H,20,21,22). The van der Waals surface area contributed by atoms with Crippen molar-refractivity contribution in [2.75, 3.05) is 24.7 Å². The van der Waals surface area contributed by atoms with Crippen LogP contribution in [0.25, 0.3) is 10.7 Å². The fraction of sp³-hybridized carbons (Fsp3) is 0.176. The first kappa shape index (κ1) is 19.4. The molecule has 2 amide bonds. The molecule has 0 aliphatic carbocycles. The summed E-state index contributed by atoms with van der Waals surface area (Å²) in [5, 5.41) is 12.5. The highest BCUT2D eigenvalue weighted by Crippen LogP contribution is 2.23. The van der Waals surface area contributed by atoms with Crippen LogP contribution in [0.5, 0.6) is 0 Å². The van der Waals surface area contributed by atoms with E-state index in [1.807, 2.05) is 17.5 Å². The van der Waals surface area contributed by atoms with Gasteiger partial charge in [-0.3, -0.25) is 14.7 Å². The van der Waals surface area contributed by atoms with Crippen LogP contribution in [0.1, 0.15) is 0 Å². The van der Waals surface area contributed by atoms with Gasteiger partial charge in [0.1, 0.15) is 0 Å². The molecule has 0 spiro atoms. The number of hydrogen-bond acceptors (Lipinski definition) is 6. The Kier molecular flexibility index (Phi) is 6.49. The Morgan fingerprint density at radius 2 is 2.11 bits per heavy atom. The van der Waals surface area contributed by atoms with Gasteiger partial charge >= 0.3 is 0 Å². The van der Waals surface area contributed by atoms with Crippen LogP contribution >= 0.6 is 34.7 Å². The van der Waals surface area contributed by atoms with Crippen molar-refractivity contribution in [2.45, 2.75) is 5.16 Å². The van der Waals surface area contributed by atoms with Gasteiger partial charge in [-0.25, -0.2) is 4.98 Å². The molecule has 1 aromatic carbocycles. The van der Waals surface area contributed by atoms with E-state index < -0.39 is 0 Å². The minimum Gasteiger partial charge on any atom is -0.336 e. The quantitative estimate of drug-likeness (QED) is 0.570. The van der Waals surface area contributed by atoms with Gasteiger partial charge in [0, 0.05) is 7.05 Å². The number of nitrogens with zero attached hydrogens (tertiary/aromatic N) is 3. The van der Waals surface area contributed by atoms with Crippen molar-refractivity contribution >= 4 is 52.2 Å². The molecule has 0 atom stereocenters. The minimum atomic E-state index is -0.318. The van der Waals surface area contributed by atoms with E-state index in [9.17, 15) is 9.59 Å². The number of anilines is 1. The molecule has 2 N–H and O–H groups in total. The smallest absolute Gasteiger partial charge is 0.244 e. The number of nitrogens with one attached hydrogen (secondary N) is 2. The molecule has 0 radical (unpaired) electrons. The number of halogens is 1. The number of thioether (sulfide) groups is 1. The van der Waals surface area contributed by atoms with Crippen LogP contribution < -0.4 is 5.32 Å². The molecule has 0 fully saturated rings. The van der Waals surface area contributed by atoms with Gasteiger partial charge in [-0.2, -0.15) is 0 Å². The lowest BCUT2D eigenvalue weighted by molar-refractivity contribution is -0.131. The third-order valence-electron chi connectivity index (χ3n) is 3.50. The topological polar surface area (TPSA) is 91.0 Å². The molecule has 2 aromatic heterocycles. The summed E-state index contributed by atoms with van der Waals surface area (Å²) >= 11 is 8.78. The molecule has 7 nitrogen and oxygen atoms in total. The van der Waals surface area contributed by atoms with Crippen LogP contribution in [0.3, 0.4) is 0 Å². The number of aromatic nitrogens is 3. The highest BCUT2D eigenvalue weighted by atomic mass is 35.5. The highest BCUT2D eigenvalue weighted by Gasteiger charge is 2.16. The van der Waals surface area contributed by atoms with Crippen LogP contribution in [0.15, 0.2) is 46.9 Å². The Morgan fingerprint density at radius 1 is 1.30 bits per heavy atom. The molecule has 2 heterocycles. The van der Waals surface area contributed by atoms with E-state index in [2.05, 4.69) is 20.5 Å². The second-order valence-corrected chi connectivity index (χ2v) is 7.81. The minimum absolute atomic E-state index is 0.0704. The Bertz CT molecular complexity index is 929. The second kappa shape index (κ2) is 9.03. The number of aromatic amines is 1. The number of carbonyl (C=O) groups excluding carboxylic acids is 2. The number of hydrogen-bond donors (Lipinski definition) is 2. The van der Waals surface area contributed by atoms with Crippen LogP contribution in [-0.4, -0.2) is 51.2 Å². The summed E-state index contributed by atoms with van der Waals surface area (Å²) in [7, 11) is 1.57. The zero-order valence-corrected chi connectivity index (χ0v) is 16.7. The van der Waals surface area contributed by atoms with Gasteiger partial charge in [-0.1, -0.05) is 41.6 Å². The summed E-state index contributed by atoms with van der Waals surface area (Å²) < 4.78 is 0. The SMILES string of the molecule is CN(CC(=O)Nc1ccccc1Cl)C(=O)CSc1n[nH]c(-c2cccs2)n1. The third-order valence-corrected chi connectivity index (χ3v) is 5.54. The maximum absolute atomic E-state index is 12.2. The molecule has 0 aliphatic heterocycles.